The second-order valence-corrected chi connectivity index (χ2v) is 2.62. The summed E-state index contributed by atoms with van der Waals surface area (Å²) in [4.78, 5) is 0. The van der Waals surface area contributed by atoms with Crippen LogP contribution in [0.4, 0.5) is 0 Å². The van der Waals surface area contributed by atoms with E-state index in [0.717, 1.165) is 18.8 Å². The van der Waals surface area contributed by atoms with Crippen LogP contribution in [0.3, 0.4) is 0 Å². The van der Waals surface area contributed by atoms with Crippen LogP contribution >= 0.6 is 0 Å². The Labute approximate surface area is 68.1 Å². The normalized spacial score (nSPS) is 25.1. The minimum Gasteiger partial charge on any atom is -0.493 e. The van der Waals surface area contributed by atoms with Crippen molar-refractivity contribution in [2.75, 3.05) is 6.61 Å². The molecule has 0 atom stereocenters. The van der Waals surface area contributed by atoms with Crippen molar-refractivity contribution in [3.8, 4) is 0 Å². The molecule has 0 radical (unpaired) electrons. The molecule has 0 aromatic rings. The summed E-state index contributed by atoms with van der Waals surface area (Å²) >= 11 is 0. The van der Waals surface area contributed by atoms with Gasteiger partial charge in [-0.05, 0) is 25.5 Å². The van der Waals surface area contributed by atoms with Crippen molar-refractivity contribution in [1.82, 2.24) is 0 Å². The van der Waals surface area contributed by atoms with Gasteiger partial charge in [-0.2, -0.15) is 0 Å². The number of hydrogen-bond acceptors (Lipinski definition) is 1. The third-order valence-electron chi connectivity index (χ3n) is 1.95. The molecule has 1 fully saturated rings. The van der Waals surface area contributed by atoms with E-state index in [0.29, 0.717) is 0 Å². The highest BCUT2D eigenvalue weighted by molar-refractivity contribution is 5.37. The summed E-state index contributed by atoms with van der Waals surface area (Å²) in [6, 6.07) is 0. The Morgan fingerprint density at radius 2 is 2.36 bits per heavy atom. The Bertz CT molecular complexity index is 221. The maximum atomic E-state index is 5.39. The van der Waals surface area contributed by atoms with Gasteiger partial charge in [0.1, 0.15) is 5.76 Å². The van der Waals surface area contributed by atoms with E-state index in [-0.39, 0.29) is 0 Å². The van der Waals surface area contributed by atoms with Crippen LogP contribution in [0.15, 0.2) is 35.6 Å². The van der Waals surface area contributed by atoms with Crippen LogP contribution in [0.1, 0.15) is 20.3 Å². The van der Waals surface area contributed by atoms with Gasteiger partial charge in [0.2, 0.25) is 0 Å². The van der Waals surface area contributed by atoms with E-state index in [1.165, 1.54) is 11.1 Å². The molecule has 1 heteroatoms. The first-order valence-electron chi connectivity index (χ1n) is 3.91. The van der Waals surface area contributed by atoms with Gasteiger partial charge in [-0.25, -0.2) is 0 Å². The summed E-state index contributed by atoms with van der Waals surface area (Å²) in [5, 5.41) is 0. The lowest BCUT2D eigenvalue weighted by molar-refractivity contribution is 0.265. The zero-order chi connectivity index (χ0) is 8.27. The third-order valence-corrected chi connectivity index (χ3v) is 1.95. The third kappa shape index (κ3) is 1.53. The average molecular weight is 150 g/mol. The number of rotatable bonds is 1. The highest BCUT2D eigenvalue weighted by atomic mass is 16.5. The number of hydrogen-bond donors (Lipinski definition) is 0. The highest BCUT2D eigenvalue weighted by Crippen LogP contribution is 2.26. The number of ether oxygens (including phenoxy) is 1. The lowest BCUT2D eigenvalue weighted by Gasteiger charge is -2.00. The van der Waals surface area contributed by atoms with Crippen molar-refractivity contribution in [3.63, 3.8) is 0 Å². The van der Waals surface area contributed by atoms with Crippen LogP contribution in [-0.4, -0.2) is 6.61 Å². The Morgan fingerprint density at radius 1 is 1.64 bits per heavy atom. The van der Waals surface area contributed by atoms with Crippen molar-refractivity contribution in [2.24, 2.45) is 0 Å². The fourth-order valence-electron chi connectivity index (χ4n) is 1.25. The van der Waals surface area contributed by atoms with E-state index >= 15 is 0 Å². The fraction of sp³-hybridized carbons (Fsp3) is 0.400. The predicted molar refractivity (Wildman–Crippen MR) is 47.2 cm³/mol. The second-order valence-electron chi connectivity index (χ2n) is 2.62. The summed E-state index contributed by atoms with van der Waals surface area (Å²) in [6.45, 7) is 8.62. The maximum Gasteiger partial charge on any atom is 0.118 e. The molecule has 0 bridgehead atoms. The first-order valence-corrected chi connectivity index (χ1v) is 3.91. The molecule has 0 amide bonds. The molecule has 1 rings (SSSR count). The summed E-state index contributed by atoms with van der Waals surface area (Å²) in [7, 11) is 0. The molecule has 60 valence electrons. The van der Waals surface area contributed by atoms with Crippen LogP contribution < -0.4 is 0 Å². The molecule has 0 aliphatic carbocycles. The van der Waals surface area contributed by atoms with Crippen molar-refractivity contribution < 1.29 is 4.74 Å². The summed E-state index contributed by atoms with van der Waals surface area (Å²) in [6.07, 6.45) is 4.92. The minimum absolute atomic E-state index is 0.820. The molecule has 0 aromatic carbocycles. The van der Waals surface area contributed by atoms with Gasteiger partial charge in [-0.15, -0.1) is 0 Å². The van der Waals surface area contributed by atoms with Gasteiger partial charge in [0.15, 0.2) is 0 Å². The highest BCUT2D eigenvalue weighted by Gasteiger charge is 2.14. The number of allylic oxidation sites excluding steroid dienone is 4. The molecule has 0 spiro atoms. The van der Waals surface area contributed by atoms with Gasteiger partial charge in [0.05, 0.1) is 6.61 Å². The van der Waals surface area contributed by atoms with Crippen LogP contribution in [0.2, 0.25) is 0 Å². The van der Waals surface area contributed by atoms with Gasteiger partial charge in [-0.3, -0.25) is 0 Å². The lowest BCUT2D eigenvalue weighted by Crippen LogP contribution is -1.83. The first-order chi connectivity index (χ1) is 5.29. The molecule has 1 saturated heterocycles. The summed E-state index contributed by atoms with van der Waals surface area (Å²) < 4.78 is 5.39. The second kappa shape index (κ2) is 3.42. The van der Waals surface area contributed by atoms with E-state index in [4.69, 9.17) is 4.74 Å². The van der Waals surface area contributed by atoms with Crippen LogP contribution in [0, 0.1) is 0 Å². The molecule has 1 nitrogen and oxygen atoms in total. The molecule has 0 aromatic heterocycles. The Hall–Kier alpha value is -0.980. The molecular formula is C10H14O. The van der Waals surface area contributed by atoms with Crippen molar-refractivity contribution in [3.05, 3.63) is 35.6 Å². The standard InChI is InChI=1S/C10H14O/c1-4-8(3)9-6-7-11-10(9)5-2/h4-5H,1,6-7H2,2-3H3/b9-8+,10-5+. The monoisotopic (exact) mass is 150 g/mol. The van der Waals surface area contributed by atoms with Gasteiger partial charge in [0, 0.05) is 12.0 Å². The summed E-state index contributed by atoms with van der Waals surface area (Å²) in [5.74, 6) is 1.03. The first kappa shape index (κ1) is 8.12. The Balaban J connectivity index is 2.96. The zero-order valence-corrected chi connectivity index (χ0v) is 7.18. The van der Waals surface area contributed by atoms with Crippen LogP contribution in [0.5, 0.6) is 0 Å². The predicted octanol–water partition coefficient (Wildman–Crippen LogP) is 2.81. The smallest absolute Gasteiger partial charge is 0.118 e. The van der Waals surface area contributed by atoms with Crippen molar-refractivity contribution in [1.29, 1.82) is 0 Å². The Kier molecular flexibility index (Phi) is 2.53. The topological polar surface area (TPSA) is 9.23 Å². The van der Waals surface area contributed by atoms with Crippen molar-refractivity contribution in [2.45, 2.75) is 20.3 Å². The molecule has 1 aliphatic rings. The zero-order valence-electron chi connectivity index (χ0n) is 7.18. The molecule has 1 heterocycles. The van der Waals surface area contributed by atoms with Gasteiger partial charge < -0.3 is 4.74 Å². The maximum absolute atomic E-state index is 5.39. The minimum atomic E-state index is 0.820. The SMILES string of the molecule is C=C/C(C)=C1\CCO\C1=C\C. The van der Waals surface area contributed by atoms with E-state index in [1.54, 1.807) is 0 Å². The average Bonchev–Trinajstić information content (AvgIpc) is 2.50. The van der Waals surface area contributed by atoms with Gasteiger partial charge in [-0.1, -0.05) is 12.7 Å². The van der Waals surface area contributed by atoms with E-state index in [1.807, 2.05) is 19.1 Å². The lowest BCUT2D eigenvalue weighted by atomic mass is 10.1. The molecular weight excluding hydrogens is 136 g/mol. The quantitative estimate of drug-likeness (QED) is 0.558. The molecule has 0 saturated carbocycles. The van der Waals surface area contributed by atoms with E-state index in [9.17, 15) is 0 Å². The van der Waals surface area contributed by atoms with Gasteiger partial charge >= 0.3 is 0 Å². The van der Waals surface area contributed by atoms with E-state index in [2.05, 4.69) is 13.5 Å². The van der Waals surface area contributed by atoms with Crippen LogP contribution in [0.25, 0.3) is 0 Å². The molecule has 11 heavy (non-hydrogen) atoms. The largest absolute Gasteiger partial charge is 0.493 e. The Morgan fingerprint density at radius 3 is 2.91 bits per heavy atom. The summed E-state index contributed by atoms with van der Waals surface area (Å²) in [5.41, 5.74) is 2.54. The molecule has 0 N–H and O–H groups in total. The van der Waals surface area contributed by atoms with Crippen molar-refractivity contribution >= 4 is 0 Å². The molecule has 1 aliphatic heterocycles. The van der Waals surface area contributed by atoms with E-state index < -0.39 is 0 Å². The van der Waals surface area contributed by atoms with Gasteiger partial charge in [0.25, 0.3) is 0 Å². The molecule has 0 unspecified atom stereocenters. The fourth-order valence-corrected chi connectivity index (χ4v) is 1.25. The van der Waals surface area contributed by atoms with Crippen LogP contribution in [-0.2, 0) is 4.74 Å².